The van der Waals surface area contributed by atoms with E-state index in [1.54, 1.807) is 36.4 Å². The van der Waals surface area contributed by atoms with Crippen LogP contribution in [0.25, 0.3) is 11.1 Å². The molecule has 0 bridgehead atoms. The van der Waals surface area contributed by atoms with Crippen molar-refractivity contribution in [1.82, 2.24) is 14.8 Å². The van der Waals surface area contributed by atoms with Gasteiger partial charge in [-0.2, -0.15) is 0 Å². The van der Waals surface area contributed by atoms with Gasteiger partial charge in [0.15, 0.2) is 0 Å². The molecule has 1 saturated heterocycles. The lowest BCUT2D eigenvalue weighted by Gasteiger charge is -2.39. The molecule has 6 nitrogen and oxygen atoms in total. The number of hydrogen-bond donors (Lipinski definition) is 0. The Morgan fingerprint density at radius 2 is 1.93 bits per heavy atom. The number of methoxy groups -OCH3 is 1. The van der Waals surface area contributed by atoms with E-state index in [0.29, 0.717) is 30.8 Å². The fraction of sp³-hybridized carbons (Fsp3) is 0.409. The number of unbranched alkanes of at least 4 members (excludes halogenated alkanes) is 1. The Labute approximate surface area is 166 Å². The molecule has 1 aromatic heterocycles. The summed E-state index contributed by atoms with van der Waals surface area (Å²) in [6.45, 7) is 3.23. The predicted octanol–water partition coefficient (Wildman–Crippen LogP) is 3.23. The van der Waals surface area contributed by atoms with Crippen molar-refractivity contribution >= 4 is 11.8 Å². The number of likely N-dealkylation sites (N-methyl/N-ethyl adjacent to an activating group) is 1. The Hall–Kier alpha value is -2.89. The molecular weight excluding hydrogens is 354 g/mol. The monoisotopic (exact) mass is 381 g/mol. The summed E-state index contributed by atoms with van der Waals surface area (Å²) in [6, 6.07) is 8.98. The summed E-state index contributed by atoms with van der Waals surface area (Å²) in [5.41, 5.74) is 2.48. The van der Waals surface area contributed by atoms with Crippen LogP contribution in [-0.4, -0.2) is 59.9 Å². The van der Waals surface area contributed by atoms with Crippen molar-refractivity contribution in [1.29, 1.82) is 0 Å². The van der Waals surface area contributed by atoms with Crippen molar-refractivity contribution in [3.05, 3.63) is 48.3 Å². The van der Waals surface area contributed by atoms with Crippen LogP contribution in [0.3, 0.4) is 0 Å². The number of pyridine rings is 1. The first-order valence-electron chi connectivity index (χ1n) is 9.70. The van der Waals surface area contributed by atoms with Gasteiger partial charge in [0.05, 0.1) is 13.3 Å². The number of aromatic nitrogens is 1. The van der Waals surface area contributed by atoms with Crippen LogP contribution in [-0.2, 0) is 4.79 Å². The van der Waals surface area contributed by atoms with E-state index in [9.17, 15) is 9.59 Å². The molecule has 0 N–H and O–H groups in total. The third kappa shape index (κ3) is 4.16. The molecule has 1 aromatic carbocycles. The maximum atomic E-state index is 13.1. The Kier molecular flexibility index (Phi) is 6.29. The minimum absolute atomic E-state index is 0.0344. The van der Waals surface area contributed by atoms with E-state index in [1.807, 2.05) is 30.3 Å². The Balaban J connectivity index is 1.80. The molecule has 3 rings (SSSR count). The van der Waals surface area contributed by atoms with Gasteiger partial charge in [0.25, 0.3) is 5.91 Å². The largest absolute Gasteiger partial charge is 0.495 e. The number of hydrogen-bond acceptors (Lipinski definition) is 4. The van der Waals surface area contributed by atoms with E-state index < -0.39 is 0 Å². The van der Waals surface area contributed by atoms with Crippen LogP contribution in [0.15, 0.2) is 42.7 Å². The SMILES string of the molecule is CCCCC1C(=O)N(C)CCN1C(=O)c1ccc(-c2cncc(OC)c2)cc1. The summed E-state index contributed by atoms with van der Waals surface area (Å²) in [7, 11) is 3.41. The van der Waals surface area contributed by atoms with Crippen molar-refractivity contribution < 1.29 is 14.3 Å². The van der Waals surface area contributed by atoms with Crippen LogP contribution in [0, 0.1) is 0 Å². The average Bonchev–Trinajstić information content (AvgIpc) is 2.74. The molecule has 2 amide bonds. The van der Waals surface area contributed by atoms with Crippen LogP contribution in [0.1, 0.15) is 36.5 Å². The van der Waals surface area contributed by atoms with E-state index in [4.69, 9.17) is 4.74 Å². The van der Waals surface area contributed by atoms with Crippen molar-refractivity contribution in [3.8, 4) is 16.9 Å². The van der Waals surface area contributed by atoms with Gasteiger partial charge in [-0.3, -0.25) is 14.6 Å². The molecule has 148 valence electrons. The van der Waals surface area contributed by atoms with Crippen LogP contribution in [0.2, 0.25) is 0 Å². The number of amides is 2. The van der Waals surface area contributed by atoms with Crippen LogP contribution >= 0.6 is 0 Å². The molecule has 1 aliphatic rings. The number of nitrogens with zero attached hydrogens (tertiary/aromatic N) is 3. The highest BCUT2D eigenvalue weighted by atomic mass is 16.5. The minimum Gasteiger partial charge on any atom is -0.495 e. The minimum atomic E-state index is -0.367. The van der Waals surface area contributed by atoms with Gasteiger partial charge >= 0.3 is 0 Å². The summed E-state index contributed by atoms with van der Waals surface area (Å²) in [6.07, 6.45) is 6.05. The van der Waals surface area contributed by atoms with E-state index in [0.717, 1.165) is 24.0 Å². The number of benzene rings is 1. The third-order valence-corrected chi connectivity index (χ3v) is 5.22. The van der Waals surface area contributed by atoms with Crippen LogP contribution < -0.4 is 4.74 Å². The average molecular weight is 381 g/mol. The van der Waals surface area contributed by atoms with E-state index in [-0.39, 0.29) is 17.9 Å². The summed E-state index contributed by atoms with van der Waals surface area (Å²) in [5.74, 6) is 0.636. The number of rotatable bonds is 6. The summed E-state index contributed by atoms with van der Waals surface area (Å²) in [5, 5.41) is 0. The molecule has 0 spiro atoms. The summed E-state index contributed by atoms with van der Waals surface area (Å²) >= 11 is 0. The highest BCUT2D eigenvalue weighted by Crippen LogP contribution is 2.24. The topological polar surface area (TPSA) is 62.7 Å². The van der Waals surface area contributed by atoms with E-state index in [1.165, 1.54) is 0 Å². The number of ether oxygens (including phenoxy) is 1. The first-order chi connectivity index (χ1) is 13.5. The number of piperazine rings is 1. The Morgan fingerprint density at radius 1 is 1.18 bits per heavy atom. The fourth-order valence-corrected chi connectivity index (χ4v) is 3.49. The second kappa shape index (κ2) is 8.87. The third-order valence-electron chi connectivity index (χ3n) is 5.22. The van der Waals surface area contributed by atoms with Gasteiger partial charge in [-0.25, -0.2) is 0 Å². The maximum Gasteiger partial charge on any atom is 0.254 e. The van der Waals surface area contributed by atoms with Crippen molar-refractivity contribution in [2.75, 3.05) is 27.2 Å². The molecule has 1 aliphatic heterocycles. The van der Waals surface area contributed by atoms with Gasteiger partial charge < -0.3 is 14.5 Å². The molecule has 1 fully saturated rings. The summed E-state index contributed by atoms with van der Waals surface area (Å²) in [4.78, 5) is 33.3. The molecule has 1 unspecified atom stereocenters. The molecule has 0 saturated carbocycles. The lowest BCUT2D eigenvalue weighted by molar-refractivity contribution is -0.138. The molecule has 28 heavy (non-hydrogen) atoms. The zero-order valence-electron chi connectivity index (χ0n) is 16.7. The summed E-state index contributed by atoms with van der Waals surface area (Å²) < 4.78 is 5.22. The smallest absolute Gasteiger partial charge is 0.254 e. The molecule has 1 atom stereocenters. The lowest BCUT2D eigenvalue weighted by Crippen LogP contribution is -2.57. The highest BCUT2D eigenvalue weighted by molar-refractivity contribution is 5.98. The zero-order chi connectivity index (χ0) is 20.1. The van der Waals surface area contributed by atoms with Crippen LogP contribution in [0.4, 0.5) is 0 Å². The van der Waals surface area contributed by atoms with Crippen LogP contribution in [0.5, 0.6) is 5.75 Å². The maximum absolute atomic E-state index is 13.1. The number of carbonyl (C=O) groups excluding carboxylic acids is 2. The molecule has 0 radical (unpaired) electrons. The first-order valence-corrected chi connectivity index (χ1v) is 9.70. The second-order valence-corrected chi connectivity index (χ2v) is 7.11. The highest BCUT2D eigenvalue weighted by Gasteiger charge is 2.35. The van der Waals surface area contributed by atoms with E-state index in [2.05, 4.69) is 11.9 Å². The molecule has 6 heteroatoms. The normalized spacial score (nSPS) is 17.0. The van der Waals surface area contributed by atoms with Crippen molar-refractivity contribution in [3.63, 3.8) is 0 Å². The van der Waals surface area contributed by atoms with E-state index >= 15 is 0 Å². The lowest BCUT2D eigenvalue weighted by atomic mass is 10.0. The zero-order valence-corrected chi connectivity index (χ0v) is 16.7. The molecule has 2 heterocycles. The quantitative estimate of drug-likeness (QED) is 0.771. The van der Waals surface area contributed by atoms with Crippen molar-refractivity contribution in [2.24, 2.45) is 0 Å². The van der Waals surface area contributed by atoms with Gasteiger partial charge in [0.2, 0.25) is 5.91 Å². The second-order valence-electron chi connectivity index (χ2n) is 7.11. The van der Waals surface area contributed by atoms with Gasteiger partial charge in [0, 0.05) is 37.5 Å². The van der Waals surface area contributed by atoms with Gasteiger partial charge in [0.1, 0.15) is 11.8 Å². The molecule has 2 aromatic rings. The predicted molar refractivity (Wildman–Crippen MR) is 108 cm³/mol. The Bertz CT molecular complexity index is 835. The first kappa shape index (κ1) is 19.9. The number of carbonyl (C=O) groups is 2. The molecular formula is C22H27N3O3. The van der Waals surface area contributed by atoms with Gasteiger partial charge in [-0.1, -0.05) is 31.9 Å². The van der Waals surface area contributed by atoms with Gasteiger partial charge in [-0.05, 0) is 30.2 Å². The van der Waals surface area contributed by atoms with Gasteiger partial charge in [-0.15, -0.1) is 0 Å². The fourth-order valence-electron chi connectivity index (χ4n) is 3.49. The molecule has 0 aliphatic carbocycles. The standard InChI is InChI=1S/C22H27N3O3/c1-4-5-6-20-22(27)24(2)11-12-25(20)21(26)17-9-7-16(8-10-17)18-13-19(28-3)15-23-14-18/h7-10,13-15,20H,4-6,11-12H2,1-3H3. The van der Waals surface area contributed by atoms with Crippen molar-refractivity contribution in [2.45, 2.75) is 32.2 Å². The Morgan fingerprint density at radius 3 is 2.61 bits per heavy atom.